The highest BCUT2D eigenvalue weighted by molar-refractivity contribution is 9.11. The number of hydrogen-bond donors (Lipinski definition) is 2. The maximum atomic E-state index is 12.1. The minimum absolute atomic E-state index is 0.204. The largest absolute Gasteiger partial charge is 0.321 e. The van der Waals surface area contributed by atoms with Crippen LogP contribution in [0.3, 0.4) is 0 Å². The SMILES string of the molecule is O=C(Nc1ccc(S(=O)(=O)NCC2CC2)cc1)c1ccc(Br)s1. The Kier molecular flexibility index (Phi) is 4.86. The van der Waals surface area contributed by atoms with E-state index in [4.69, 9.17) is 0 Å². The third kappa shape index (κ3) is 4.41. The van der Waals surface area contributed by atoms with Crippen LogP contribution in [0.25, 0.3) is 0 Å². The zero-order chi connectivity index (χ0) is 16.4. The minimum Gasteiger partial charge on any atom is -0.321 e. The van der Waals surface area contributed by atoms with Gasteiger partial charge in [0.2, 0.25) is 10.0 Å². The first-order valence-corrected chi connectivity index (χ1v) is 10.2. The van der Waals surface area contributed by atoms with Gasteiger partial charge in [0, 0.05) is 12.2 Å². The molecule has 1 aromatic carbocycles. The number of carbonyl (C=O) groups excluding carboxylic acids is 1. The van der Waals surface area contributed by atoms with E-state index in [1.807, 2.05) is 0 Å². The Morgan fingerprint density at radius 3 is 2.43 bits per heavy atom. The van der Waals surface area contributed by atoms with Gasteiger partial charge in [-0.25, -0.2) is 13.1 Å². The van der Waals surface area contributed by atoms with E-state index in [0.29, 0.717) is 23.0 Å². The van der Waals surface area contributed by atoms with E-state index in [2.05, 4.69) is 26.0 Å². The highest BCUT2D eigenvalue weighted by atomic mass is 79.9. The van der Waals surface area contributed by atoms with Crippen LogP contribution in [0.1, 0.15) is 22.5 Å². The molecule has 0 bridgehead atoms. The van der Waals surface area contributed by atoms with Gasteiger partial charge in [-0.3, -0.25) is 4.79 Å². The molecule has 2 N–H and O–H groups in total. The average molecular weight is 415 g/mol. The number of halogens is 1. The molecular weight excluding hydrogens is 400 g/mol. The van der Waals surface area contributed by atoms with E-state index in [9.17, 15) is 13.2 Å². The molecule has 8 heteroatoms. The molecule has 0 unspecified atom stereocenters. The maximum Gasteiger partial charge on any atom is 0.265 e. The molecule has 1 fully saturated rings. The Morgan fingerprint density at radius 2 is 1.87 bits per heavy atom. The zero-order valence-corrected chi connectivity index (χ0v) is 15.3. The number of hydrogen-bond acceptors (Lipinski definition) is 4. The molecule has 0 atom stereocenters. The third-order valence-corrected chi connectivity index (χ3v) is 6.54. The lowest BCUT2D eigenvalue weighted by Gasteiger charge is -2.08. The molecule has 0 saturated heterocycles. The fraction of sp³-hybridized carbons (Fsp3) is 0.267. The van der Waals surface area contributed by atoms with Gasteiger partial charge >= 0.3 is 0 Å². The highest BCUT2D eigenvalue weighted by Crippen LogP contribution is 2.28. The van der Waals surface area contributed by atoms with Gasteiger partial charge in [0.1, 0.15) is 0 Å². The van der Waals surface area contributed by atoms with Gasteiger partial charge in [0.15, 0.2) is 0 Å². The standard InChI is InChI=1S/C15H15BrN2O3S2/c16-14-8-7-13(22-14)15(19)18-11-3-5-12(6-4-11)23(20,21)17-9-10-1-2-10/h3-8,10,17H,1-2,9H2,(H,18,19). The van der Waals surface area contributed by atoms with E-state index in [-0.39, 0.29) is 10.8 Å². The maximum absolute atomic E-state index is 12.1. The van der Waals surface area contributed by atoms with Crippen LogP contribution < -0.4 is 10.0 Å². The molecule has 1 amide bonds. The van der Waals surface area contributed by atoms with Gasteiger partial charge < -0.3 is 5.32 Å². The summed E-state index contributed by atoms with van der Waals surface area (Å²) in [5, 5.41) is 2.75. The molecule has 1 aliphatic carbocycles. The molecule has 1 aliphatic rings. The van der Waals surface area contributed by atoms with E-state index in [1.165, 1.54) is 23.5 Å². The minimum atomic E-state index is -3.48. The second-order valence-corrected chi connectivity index (χ2v) is 9.61. The monoisotopic (exact) mass is 414 g/mol. The first kappa shape index (κ1) is 16.6. The molecule has 23 heavy (non-hydrogen) atoms. The summed E-state index contributed by atoms with van der Waals surface area (Å²) in [5.74, 6) is 0.261. The van der Waals surface area contributed by atoms with Gasteiger partial charge in [-0.1, -0.05) is 0 Å². The molecule has 3 rings (SSSR count). The summed E-state index contributed by atoms with van der Waals surface area (Å²) in [6, 6.07) is 9.70. The lowest BCUT2D eigenvalue weighted by Crippen LogP contribution is -2.25. The predicted octanol–water partition coefficient (Wildman–Crippen LogP) is 3.45. The van der Waals surface area contributed by atoms with Crippen molar-refractivity contribution in [3.63, 3.8) is 0 Å². The van der Waals surface area contributed by atoms with Crippen LogP contribution in [0, 0.1) is 5.92 Å². The van der Waals surface area contributed by atoms with E-state index in [0.717, 1.165) is 16.6 Å². The summed E-state index contributed by atoms with van der Waals surface area (Å²) in [6.45, 7) is 0.494. The van der Waals surface area contributed by atoms with Crippen molar-refractivity contribution < 1.29 is 13.2 Å². The van der Waals surface area contributed by atoms with Crippen molar-refractivity contribution >= 4 is 48.9 Å². The van der Waals surface area contributed by atoms with Gasteiger partial charge in [0.25, 0.3) is 5.91 Å². The lowest BCUT2D eigenvalue weighted by atomic mass is 10.3. The number of benzene rings is 1. The Bertz CT molecular complexity index is 812. The van der Waals surface area contributed by atoms with E-state index in [1.54, 1.807) is 24.3 Å². The average Bonchev–Trinajstić information content (AvgIpc) is 3.25. The second-order valence-electron chi connectivity index (χ2n) is 5.38. The number of anilines is 1. The smallest absolute Gasteiger partial charge is 0.265 e. The van der Waals surface area contributed by atoms with Crippen molar-refractivity contribution in [2.24, 2.45) is 5.92 Å². The number of thiophene rings is 1. The van der Waals surface area contributed by atoms with Crippen LogP contribution in [-0.4, -0.2) is 20.9 Å². The molecule has 122 valence electrons. The van der Waals surface area contributed by atoms with Crippen LogP contribution in [0.4, 0.5) is 5.69 Å². The van der Waals surface area contributed by atoms with E-state index >= 15 is 0 Å². The molecule has 1 saturated carbocycles. The summed E-state index contributed by atoms with van der Waals surface area (Å²) in [7, 11) is -3.48. The molecule has 5 nitrogen and oxygen atoms in total. The Morgan fingerprint density at radius 1 is 1.17 bits per heavy atom. The third-order valence-electron chi connectivity index (χ3n) is 3.48. The molecule has 0 spiro atoms. The predicted molar refractivity (Wildman–Crippen MR) is 94.3 cm³/mol. The van der Waals surface area contributed by atoms with Gasteiger partial charge in [-0.15, -0.1) is 11.3 Å². The number of nitrogens with one attached hydrogen (secondary N) is 2. The Hall–Kier alpha value is -1.22. The number of sulfonamides is 1. The zero-order valence-electron chi connectivity index (χ0n) is 12.1. The van der Waals surface area contributed by atoms with Crippen LogP contribution in [0.15, 0.2) is 45.1 Å². The molecule has 2 aromatic rings. The Labute approximate surface area is 147 Å². The van der Waals surface area contributed by atoms with Crippen molar-refractivity contribution in [2.75, 3.05) is 11.9 Å². The van der Waals surface area contributed by atoms with Crippen molar-refractivity contribution in [2.45, 2.75) is 17.7 Å². The molecule has 1 heterocycles. The summed E-state index contributed by atoms with van der Waals surface area (Å²) in [6.07, 6.45) is 2.18. The fourth-order valence-electron chi connectivity index (χ4n) is 1.98. The van der Waals surface area contributed by atoms with Crippen LogP contribution in [0.5, 0.6) is 0 Å². The summed E-state index contributed by atoms with van der Waals surface area (Å²) in [5.41, 5.74) is 0.556. The van der Waals surface area contributed by atoms with E-state index < -0.39 is 10.0 Å². The first-order chi connectivity index (χ1) is 10.9. The number of amides is 1. The highest BCUT2D eigenvalue weighted by Gasteiger charge is 2.24. The molecular formula is C15H15BrN2O3S2. The van der Waals surface area contributed by atoms with Crippen LogP contribution >= 0.6 is 27.3 Å². The Balaban J connectivity index is 1.65. The normalized spacial score (nSPS) is 14.7. The van der Waals surface area contributed by atoms with Crippen molar-refractivity contribution in [3.05, 3.63) is 45.1 Å². The van der Waals surface area contributed by atoms with Crippen LogP contribution in [0.2, 0.25) is 0 Å². The second kappa shape index (κ2) is 6.72. The van der Waals surface area contributed by atoms with Crippen molar-refractivity contribution in [3.8, 4) is 0 Å². The molecule has 0 aliphatic heterocycles. The first-order valence-electron chi connectivity index (χ1n) is 7.10. The topological polar surface area (TPSA) is 75.3 Å². The lowest BCUT2D eigenvalue weighted by molar-refractivity contribution is 0.103. The van der Waals surface area contributed by atoms with Gasteiger partial charge in [0.05, 0.1) is 13.6 Å². The summed E-state index contributed by atoms with van der Waals surface area (Å²) >= 11 is 4.65. The van der Waals surface area contributed by atoms with Gasteiger partial charge in [-0.05, 0) is 71.1 Å². The number of carbonyl (C=O) groups is 1. The van der Waals surface area contributed by atoms with Crippen LogP contribution in [-0.2, 0) is 10.0 Å². The van der Waals surface area contributed by atoms with Gasteiger partial charge in [-0.2, -0.15) is 0 Å². The quantitative estimate of drug-likeness (QED) is 0.759. The number of rotatable bonds is 6. The summed E-state index contributed by atoms with van der Waals surface area (Å²) < 4.78 is 27.7. The van der Waals surface area contributed by atoms with Crippen molar-refractivity contribution in [1.82, 2.24) is 4.72 Å². The summed E-state index contributed by atoms with van der Waals surface area (Å²) in [4.78, 5) is 12.8. The molecule has 0 radical (unpaired) electrons. The van der Waals surface area contributed by atoms with Crippen molar-refractivity contribution in [1.29, 1.82) is 0 Å². The fourth-order valence-corrected chi connectivity index (χ4v) is 4.38. The molecule has 1 aromatic heterocycles.